The number of hydrogen-bond donors (Lipinski definition) is 2. The number of nitrogens with zero attached hydrogens (tertiary/aromatic N) is 2. The lowest BCUT2D eigenvalue weighted by Crippen LogP contribution is -2.51. The maximum atomic E-state index is 12.5. The van der Waals surface area contributed by atoms with E-state index in [1.807, 2.05) is 4.90 Å². The van der Waals surface area contributed by atoms with E-state index in [0.717, 1.165) is 24.1 Å². The van der Waals surface area contributed by atoms with Crippen LogP contribution in [0.3, 0.4) is 0 Å². The fraction of sp³-hybridized carbons (Fsp3) is 0.381. The number of carbonyl (C=O) groups excluding carboxylic acids is 1. The largest absolute Gasteiger partial charge is 0.478 e. The van der Waals surface area contributed by atoms with Gasteiger partial charge < -0.3 is 15.3 Å². The molecule has 6 nitrogen and oxygen atoms in total. The normalized spacial score (nSPS) is 23.8. The van der Waals surface area contributed by atoms with Crippen molar-refractivity contribution in [2.75, 3.05) is 10.2 Å². The maximum absolute atomic E-state index is 12.5. The van der Waals surface area contributed by atoms with Gasteiger partial charge in [-0.3, -0.25) is 4.79 Å². The number of carbonyl (C=O) groups is 2. The fourth-order valence-electron chi connectivity index (χ4n) is 4.34. The van der Waals surface area contributed by atoms with Crippen molar-refractivity contribution in [2.45, 2.75) is 38.8 Å². The monoisotopic (exact) mass is 399 g/mol. The highest BCUT2D eigenvalue weighted by Crippen LogP contribution is 2.50. The zero-order valence-electron chi connectivity index (χ0n) is 15.7. The highest BCUT2D eigenvalue weighted by Gasteiger charge is 2.47. The number of carboxylic acids is 1. The van der Waals surface area contributed by atoms with Crippen LogP contribution in [-0.4, -0.2) is 28.0 Å². The molecule has 1 saturated carbocycles. The molecule has 1 aliphatic carbocycles. The van der Waals surface area contributed by atoms with E-state index in [4.69, 9.17) is 11.6 Å². The third-order valence-electron chi connectivity index (χ3n) is 5.70. The van der Waals surface area contributed by atoms with Crippen molar-refractivity contribution in [1.29, 1.82) is 0 Å². The molecule has 1 aromatic heterocycles. The first kappa shape index (κ1) is 18.7. The third kappa shape index (κ3) is 3.33. The second-order valence-electron chi connectivity index (χ2n) is 7.64. The lowest BCUT2D eigenvalue weighted by Gasteiger charge is -2.46. The van der Waals surface area contributed by atoms with E-state index < -0.39 is 5.97 Å². The van der Waals surface area contributed by atoms with Gasteiger partial charge in [0, 0.05) is 35.8 Å². The number of halogens is 1. The summed E-state index contributed by atoms with van der Waals surface area (Å²) in [6, 6.07) is 8.32. The minimum atomic E-state index is -0.992. The number of anilines is 2. The predicted octanol–water partition coefficient (Wildman–Crippen LogP) is 4.37. The maximum Gasteiger partial charge on any atom is 0.335 e. The van der Waals surface area contributed by atoms with Crippen LogP contribution in [0.25, 0.3) is 0 Å². The number of aromatic nitrogens is 1. The second-order valence-corrected chi connectivity index (χ2v) is 8.07. The molecule has 0 spiro atoms. The van der Waals surface area contributed by atoms with Crippen molar-refractivity contribution in [3.63, 3.8) is 0 Å². The molecule has 1 amide bonds. The van der Waals surface area contributed by atoms with Crippen molar-refractivity contribution in [3.05, 3.63) is 52.7 Å². The van der Waals surface area contributed by atoms with Crippen LogP contribution in [0.15, 0.2) is 36.5 Å². The van der Waals surface area contributed by atoms with E-state index in [1.165, 1.54) is 0 Å². The Hall–Kier alpha value is -2.60. The van der Waals surface area contributed by atoms with E-state index in [1.54, 1.807) is 43.5 Å². The molecule has 4 rings (SSSR count). The van der Waals surface area contributed by atoms with Gasteiger partial charge in [0.15, 0.2) is 0 Å². The first-order valence-electron chi connectivity index (χ1n) is 9.42. The molecular weight excluding hydrogens is 378 g/mol. The van der Waals surface area contributed by atoms with E-state index in [0.29, 0.717) is 16.8 Å². The smallest absolute Gasteiger partial charge is 0.335 e. The van der Waals surface area contributed by atoms with Gasteiger partial charge in [-0.25, -0.2) is 9.78 Å². The molecule has 1 aliphatic heterocycles. The highest BCUT2D eigenvalue weighted by molar-refractivity contribution is 6.30. The predicted molar refractivity (Wildman–Crippen MR) is 108 cm³/mol. The summed E-state index contributed by atoms with van der Waals surface area (Å²) in [5.41, 5.74) is 1.76. The lowest BCUT2D eigenvalue weighted by atomic mass is 9.79. The van der Waals surface area contributed by atoms with Gasteiger partial charge in [0.2, 0.25) is 5.91 Å². The van der Waals surface area contributed by atoms with Crippen LogP contribution in [0.1, 0.15) is 48.7 Å². The van der Waals surface area contributed by atoms with Crippen LogP contribution in [0.2, 0.25) is 5.02 Å². The summed E-state index contributed by atoms with van der Waals surface area (Å²) in [6.45, 7) is 3.68. The Morgan fingerprint density at radius 3 is 2.61 bits per heavy atom. The summed E-state index contributed by atoms with van der Waals surface area (Å²) < 4.78 is 0. The molecule has 0 bridgehead atoms. The Labute approximate surface area is 168 Å². The van der Waals surface area contributed by atoms with Gasteiger partial charge in [0.25, 0.3) is 0 Å². The molecule has 2 aromatic rings. The van der Waals surface area contributed by atoms with Gasteiger partial charge in [0.05, 0.1) is 11.6 Å². The van der Waals surface area contributed by atoms with Gasteiger partial charge >= 0.3 is 5.97 Å². The number of nitrogens with one attached hydrogen (secondary N) is 1. The molecular formula is C21H22ClN3O3. The summed E-state index contributed by atoms with van der Waals surface area (Å²) in [7, 11) is 0. The van der Waals surface area contributed by atoms with Crippen LogP contribution in [0.5, 0.6) is 0 Å². The summed E-state index contributed by atoms with van der Waals surface area (Å²) in [6.07, 6.45) is 3.83. The number of amides is 1. The standard InChI is InChI=1S/C21H22ClN3O3/c1-11-19(24-18-10-15(22)7-8-23-18)16-9-14(21(27)28)5-6-17(16)25(12(2)26)20(11)13-3-4-13/h5-11,13,19-20H,3-4H2,1-2H3,(H,23,24)(H,27,28)/t11-,19-,20-/m1/s1. The highest BCUT2D eigenvalue weighted by atomic mass is 35.5. The number of rotatable bonds is 4. The topological polar surface area (TPSA) is 82.5 Å². The van der Waals surface area contributed by atoms with Crippen LogP contribution in [0.4, 0.5) is 11.5 Å². The molecule has 7 heteroatoms. The molecule has 2 aliphatic rings. The molecule has 28 heavy (non-hydrogen) atoms. The molecule has 0 unspecified atom stereocenters. The number of pyridine rings is 1. The molecule has 2 N–H and O–H groups in total. The Bertz CT molecular complexity index is 944. The van der Waals surface area contributed by atoms with Gasteiger partial charge in [-0.2, -0.15) is 0 Å². The van der Waals surface area contributed by atoms with Crippen molar-refractivity contribution < 1.29 is 14.7 Å². The summed E-state index contributed by atoms with van der Waals surface area (Å²) in [5, 5.41) is 13.5. The van der Waals surface area contributed by atoms with Crippen molar-refractivity contribution in [1.82, 2.24) is 4.98 Å². The average Bonchev–Trinajstić information content (AvgIpc) is 3.47. The molecule has 0 saturated heterocycles. The number of benzene rings is 1. The molecule has 1 aromatic carbocycles. The SMILES string of the molecule is CC(=O)N1c2ccc(C(=O)O)cc2[C@H](Nc2cc(Cl)ccn2)[C@@H](C)[C@@H]1C1CC1. The lowest BCUT2D eigenvalue weighted by molar-refractivity contribution is -0.117. The quantitative estimate of drug-likeness (QED) is 0.797. The first-order valence-corrected chi connectivity index (χ1v) is 9.79. The summed E-state index contributed by atoms with van der Waals surface area (Å²) in [4.78, 5) is 30.3. The zero-order chi connectivity index (χ0) is 20.0. The van der Waals surface area contributed by atoms with Crippen molar-refractivity contribution >= 4 is 35.0 Å². The third-order valence-corrected chi connectivity index (χ3v) is 5.94. The van der Waals surface area contributed by atoms with Crippen LogP contribution < -0.4 is 10.2 Å². The molecule has 146 valence electrons. The van der Waals surface area contributed by atoms with E-state index in [9.17, 15) is 14.7 Å². The van der Waals surface area contributed by atoms with Crippen LogP contribution >= 0.6 is 11.6 Å². The minimum absolute atomic E-state index is 0.0209. The van der Waals surface area contributed by atoms with Crippen LogP contribution in [0, 0.1) is 11.8 Å². The Morgan fingerprint density at radius 2 is 2.00 bits per heavy atom. The minimum Gasteiger partial charge on any atom is -0.478 e. The van der Waals surface area contributed by atoms with E-state index >= 15 is 0 Å². The molecule has 2 heterocycles. The van der Waals surface area contributed by atoms with Crippen LogP contribution in [-0.2, 0) is 4.79 Å². The Morgan fingerprint density at radius 1 is 1.25 bits per heavy atom. The van der Waals surface area contributed by atoms with Gasteiger partial charge in [-0.15, -0.1) is 0 Å². The Balaban J connectivity index is 1.83. The second kappa shape index (κ2) is 7.09. The van der Waals surface area contributed by atoms with Gasteiger partial charge in [0.1, 0.15) is 5.82 Å². The van der Waals surface area contributed by atoms with Crippen molar-refractivity contribution in [3.8, 4) is 0 Å². The summed E-state index contributed by atoms with van der Waals surface area (Å²) >= 11 is 6.11. The molecule has 1 fully saturated rings. The average molecular weight is 400 g/mol. The van der Waals surface area contributed by atoms with Gasteiger partial charge in [-0.1, -0.05) is 18.5 Å². The first-order chi connectivity index (χ1) is 13.4. The number of fused-ring (bicyclic) bond motifs is 1. The zero-order valence-corrected chi connectivity index (χ0v) is 16.5. The summed E-state index contributed by atoms with van der Waals surface area (Å²) in [5.74, 6) is 0.152. The molecule has 0 radical (unpaired) electrons. The van der Waals surface area contributed by atoms with E-state index in [2.05, 4.69) is 17.2 Å². The Kier molecular flexibility index (Phi) is 4.75. The fourth-order valence-corrected chi connectivity index (χ4v) is 4.50. The number of carboxylic acid groups (broad SMARTS) is 1. The number of aromatic carboxylic acids is 1. The van der Waals surface area contributed by atoms with E-state index in [-0.39, 0.29) is 29.5 Å². The molecule has 3 atom stereocenters. The number of hydrogen-bond acceptors (Lipinski definition) is 4. The van der Waals surface area contributed by atoms with Crippen molar-refractivity contribution in [2.24, 2.45) is 11.8 Å². The van der Waals surface area contributed by atoms with Gasteiger partial charge in [-0.05, 0) is 54.7 Å².